The van der Waals surface area contributed by atoms with Crippen molar-refractivity contribution >= 4 is 40.9 Å². The van der Waals surface area contributed by atoms with E-state index in [1.807, 2.05) is 17.0 Å². The van der Waals surface area contributed by atoms with Crippen LogP contribution < -0.4 is 0 Å². The Labute approximate surface area is 134 Å². The van der Waals surface area contributed by atoms with E-state index in [1.54, 1.807) is 17.8 Å². The number of halogens is 2. The number of carbonyl (C=O) groups excluding carboxylic acids is 1. The quantitative estimate of drug-likeness (QED) is 0.763. The molecule has 108 valence electrons. The number of carbonyl (C=O) groups is 1. The van der Waals surface area contributed by atoms with E-state index < -0.39 is 0 Å². The summed E-state index contributed by atoms with van der Waals surface area (Å²) in [4.78, 5) is 14.0. The average Bonchev–Trinajstić information content (AvgIpc) is 2.42. The van der Waals surface area contributed by atoms with Crippen LogP contribution in [0.4, 0.5) is 0 Å². The first kappa shape index (κ1) is 15.7. The van der Waals surface area contributed by atoms with Crippen molar-refractivity contribution in [3.8, 4) is 0 Å². The number of likely N-dealkylation sites (tertiary alicyclic amines) is 1. The maximum atomic E-state index is 12.1. The first-order chi connectivity index (χ1) is 9.56. The fourth-order valence-corrected chi connectivity index (χ4v) is 3.54. The highest BCUT2D eigenvalue weighted by Gasteiger charge is 2.17. The van der Waals surface area contributed by atoms with Gasteiger partial charge in [0.25, 0.3) is 0 Å². The van der Waals surface area contributed by atoms with Crippen molar-refractivity contribution in [2.45, 2.75) is 18.6 Å². The summed E-state index contributed by atoms with van der Waals surface area (Å²) in [6, 6.07) is 5.46. The second kappa shape index (κ2) is 7.39. The normalized spacial score (nSPS) is 15.5. The Balaban J connectivity index is 1.78. The zero-order valence-corrected chi connectivity index (χ0v) is 13.5. The Morgan fingerprint density at radius 3 is 2.65 bits per heavy atom. The van der Waals surface area contributed by atoms with Crippen molar-refractivity contribution in [3.63, 3.8) is 0 Å². The Kier molecular flexibility index (Phi) is 5.82. The van der Waals surface area contributed by atoms with E-state index in [2.05, 4.69) is 6.58 Å². The summed E-state index contributed by atoms with van der Waals surface area (Å²) in [5, 5.41) is 1.29. The van der Waals surface area contributed by atoms with Crippen LogP contribution in [-0.2, 0) is 10.5 Å². The minimum atomic E-state index is 0.201. The summed E-state index contributed by atoms with van der Waals surface area (Å²) in [7, 11) is 0. The molecule has 1 amide bonds. The van der Waals surface area contributed by atoms with E-state index in [0.717, 1.165) is 37.2 Å². The molecule has 0 unspecified atom stereocenters. The Morgan fingerprint density at radius 2 is 2.00 bits per heavy atom. The Hall–Kier alpha value is -0.640. The number of thioether (sulfide) groups is 1. The molecule has 20 heavy (non-hydrogen) atoms. The first-order valence-corrected chi connectivity index (χ1v) is 8.43. The zero-order valence-electron chi connectivity index (χ0n) is 11.2. The second-order valence-electron chi connectivity index (χ2n) is 4.86. The standard InChI is InChI=1S/C15H17Cl2NOS/c1-11-4-6-18(7-5-11)15(19)10-20-9-12-2-3-13(16)8-14(12)17/h2-3,8H,1,4-7,9-10H2. The van der Waals surface area contributed by atoms with Gasteiger partial charge in [0.05, 0.1) is 5.75 Å². The van der Waals surface area contributed by atoms with Gasteiger partial charge in [0.2, 0.25) is 5.91 Å². The van der Waals surface area contributed by atoms with Crippen LogP contribution in [0, 0.1) is 0 Å². The van der Waals surface area contributed by atoms with Gasteiger partial charge in [0.15, 0.2) is 0 Å². The van der Waals surface area contributed by atoms with Crippen molar-refractivity contribution in [1.82, 2.24) is 4.90 Å². The van der Waals surface area contributed by atoms with Crippen molar-refractivity contribution in [2.75, 3.05) is 18.8 Å². The number of nitrogens with zero attached hydrogens (tertiary/aromatic N) is 1. The number of piperidine rings is 1. The molecule has 0 radical (unpaired) electrons. The van der Waals surface area contributed by atoms with E-state index in [4.69, 9.17) is 23.2 Å². The molecular weight excluding hydrogens is 313 g/mol. The fraction of sp³-hybridized carbons (Fsp3) is 0.400. The number of amides is 1. The molecule has 2 rings (SSSR count). The van der Waals surface area contributed by atoms with E-state index >= 15 is 0 Å². The highest BCUT2D eigenvalue weighted by molar-refractivity contribution is 7.99. The number of rotatable bonds is 4. The lowest BCUT2D eigenvalue weighted by molar-refractivity contribution is -0.128. The van der Waals surface area contributed by atoms with Gasteiger partial charge < -0.3 is 4.90 Å². The summed E-state index contributed by atoms with van der Waals surface area (Å²) >= 11 is 13.6. The summed E-state index contributed by atoms with van der Waals surface area (Å²) in [5.74, 6) is 1.42. The van der Waals surface area contributed by atoms with Crippen LogP contribution >= 0.6 is 35.0 Å². The van der Waals surface area contributed by atoms with Crippen LogP contribution in [0.2, 0.25) is 10.0 Å². The van der Waals surface area contributed by atoms with Crippen molar-refractivity contribution in [1.29, 1.82) is 0 Å². The molecule has 1 aromatic rings. The third-order valence-corrected chi connectivity index (χ3v) is 4.87. The minimum Gasteiger partial charge on any atom is -0.341 e. The monoisotopic (exact) mass is 329 g/mol. The maximum absolute atomic E-state index is 12.1. The molecule has 2 nitrogen and oxygen atoms in total. The van der Waals surface area contributed by atoms with Gasteiger partial charge in [-0.05, 0) is 30.5 Å². The lowest BCUT2D eigenvalue weighted by Crippen LogP contribution is -2.37. The van der Waals surface area contributed by atoms with Gasteiger partial charge in [0.1, 0.15) is 0 Å². The lowest BCUT2D eigenvalue weighted by Gasteiger charge is -2.28. The minimum absolute atomic E-state index is 0.201. The smallest absolute Gasteiger partial charge is 0.232 e. The first-order valence-electron chi connectivity index (χ1n) is 6.52. The van der Waals surface area contributed by atoms with Crippen molar-refractivity contribution in [3.05, 3.63) is 46.0 Å². The summed E-state index contributed by atoms with van der Waals surface area (Å²) in [6.45, 7) is 5.57. The number of hydrogen-bond donors (Lipinski definition) is 0. The van der Waals surface area contributed by atoms with E-state index in [9.17, 15) is 4.79 Å². The molecule has 1 heterocycles. The van der Waals surface area contributed by atoms with Crippen LogP contribution in [0.1, 0.15) is 18.4 Å². The average molecular weight is 330 g/mol. The molecule has 0 aliphatic carbocycles. The number of benzene rings is 1. The van der Waals surface area contributed by atoms with Crippen LogP contribution in [0.5, 0.6) is 0 Å². The highest BCUT2D eigenvalue weighted by atomic mass is 35.5. The number of hydrogen-bond acceptors (Lipinski definition) is 2. The molecule has 0 spiro atoms. The topological polar surface area (TPSA) is 20.3 Å². The predicted octanol–water partition coefficient (Wildman–Crippen LogP) is 4.41. The van der Waals surface area contributed by atoms with E-state index in [-0.39, 0.29) is 5.91 Å². The van der Waals surface area contributed by atoms with E-state index in [1.165, 1.54) is 5.57 Å². The fourth-order valence-electron chi connectivity index (χ4n) is 2.05. The summed E-state index contributed by atoms with van der Waals surface area (Å²) in [5.41, 5.74) is 2.26. The van der Waals surface area contributed by atoms with Crippen molar-refractivity contribution in [2.24, 2.45) is 0 Å². The zero-order chi connectivity index (χ0) is 14.5. The van der Waals surface area contributed by atoms with Gasteiger partial charge in [-0.25, -0.2) is 0 Å². The molecule has 1 fully saturated rings. The van der Waals surface area contributed by atoms with Crippen molar-refractivity contribution < 1.29 is 4.79 Å². The maximum Gasteiger partial charge on any atom is 0.232 e. The van der Waals surface area contributed by atoms with Crippen LogP contribution in [0.3, 0.4) is 0 Å². The summed E-state index contributed by atoms with van der Waals surface area (Å²) in [6.07, 6.45) is 1.86. The van der Waals surface area contributed by atoms with Gasteiger partial charge >= 0.3 is 0 Å². The third kappa shape index (κ3) is 4.44. The van der Waals surface area contributed by atoms with Gasteiger partial charge in [-0.1, -0.05) is 41.4 Å². The Bertz CT molecular complexity index is 509. The molecule has 1 aromatic carbocycles. The summed E-state index contributed by atoms with van der Waals surface area (Å²) < 4.78 is 0. The van der Waals surface area contributed by atoms with Gasteiger partial charge in [0, 0.05) is 28.9 Å². The molecular formula is C15H17Cl2NOS. The molecule has 0 atom stereocenters. The van der Waals surface area contributed by atoms with Gasteiger partial charge in [-0.2, -0.15) is 0 Å². The molecule has 0 N–H and O–H groups in total. The molecule has 1 aliphatic heterocycles. The molecule has 0 saturated carbocycles. The second-order valence-corrected chi connectivity index (χ2v) is 6.69. The van der Waals surface area contributed by atoms with Crippen LogP contribution in [0.15, 0.2) is 30.4 Å². The molecule has 5 heteroatoms. The lowest BCUT2D eigenvalue weighted by atomic mass is 10.1. The highest BCUT2D eigenvalue weighted by Crippen LogP contribution is 2.25. The van der Waals surface area contributed by atoms with Crippen LogP contribution in [0.25, 0.3) is 0 Å². The van der Waals surface area contributed by atoms with Crippen LogP contribution in [-0.4, -0.2) is 29.6 Å². The molecule has 1 aliphatic rings. The van der Waals surface area contributed by atoms with Gasteiger partial charge in [-0.3, -0.25) is 4.79 Å². The van der Waals surface area contributed by atoms with E-state index in [0.29, 0.717) is 15.8 Å². The van der Waals surface area contributed by atoms with Gasteiger partial charge in [-0.15, -0.1) is 11.8 Å². The molecule has 0 bridgehead atoms. The Morgan fingerprint density at radius 1 is 1.30 bits per heavy atom. The largest absolute Gasteiger partial charge is 0.341 e. The molecule has 1 saturated heterocycles. The predicted molar refractivity (Wildman–Crippen MR) is 87.6 cm³/mol. The third-order valence-electron chi connectivity index (χ3n) is 3.32. The molecule has 0 aromatic heterocycles. The SMILES string of the molecule is C=C1CCN(C(=O)CSCc2ccc(Cl)cc2Cl)CC1.